The molecule has 2 aromatic heterocycles. The quantitative estimate of drug-likeness (QED) is 0.257. The van der Waals surface area contributed by atoms with Gasteiger partial charge in [0.1, 0.15) is 11.9 Å². The molecule has 0 spiro atoms. The van der Waals surface area contributed by atoms with Crippen molar-refractivity contribution in [2.24, 2.45) is 0 Å². The van der Waals surface area contributed by atoms with Gasteiger partial charge in [0.25, 0.3) is 0 Å². The predicted octanol–water partition coefficient (Wildman–Crippen LogP) is 5.41. The second-order valence-corrected chi connectivity index (χ2v) is 8.82. The Hall–Kier alpha value is -4.03. The first kappa shape index (κ1) is 25.6. The molecule has 1 aliphatic rings. The van der Waals surface area contributed by atoms with Crippen molar-refractivity contribution in [2.45, 2.75) is 12.3 Å². The number of amides is 1. The Kier molecular flexibility index (Phi) is 7.00. The largest absolute Gasteiger partial charge is 0.435 e. The fraction of sp³-hybridized carbons (Fsp3) is 0.200. The molecule has 1 fully saturated rings. The summed E-state index contributed by atoms with van der Waals surface area (Å²) < 4.78 is 60.3. The van der Waals surface area contributed by atoms with E-state index in [0.29, 0.717) is 36.5 Å². The van der Waals surface area contributed by atoms with Gasteiger partial charge in [-0.2, -0.15) is 23.3 Å². The molecule has 196 valence electrons. The average molecular weight is 547 g/mol. The Balaban J connectivity index is 1.55. The molecule has 1 saturated heterocycles. The molecule has 1 unspecified atom stereocenters. The van der Waals surface area contributed by atoms with Gasteiger partial charge in [-0.25, -0.2) is 14.1 Å². The smallest absolute Gasteiger partial charge is 0.370 e. The third kappa shape index (κ3) is 5.46. The number of hydrogen-bond donors (Lipinski definition) is 1. The van der Waals surface area contributed by atoms with Crippen LogP contribution in [0.5, 0.6) is 0 Å². The van der Waals surface area contributed by atoms with Gasteiger partial charge in [0.2, 0.25) is 12.4 Å². The van der Waals surface area contributed by atoms with Crippen molar-refractivity contribution >= 4 is 29.6 Å². The zero-order chi connectivity index (χ0) is 26.9. The lowest BCUT2D eigenvalue weighted by molar-refractivity contribution is -0.141. The third-order valence-electron chi connectivity index (χ3n) is 5.86. The highest BCUT2D eigenvalue weighted by Gasteiger charge is 2.34. The number of hydrogen-bond acceptors (Lipinski definition) is 6. The van der Waals surface area contributed by atoms with E-state index in [0.717, 1.165) is 35.0 Å². The van der Waals surface area contributed by atoms with E-state index in [1.807, 2.05) is 12.1 Å². The molecule has 4 aromatic rings. The van der Waals surface area contributed by atoms with Gasteiger partial charge >= 0.3 is 6.18 Å². The van der Waals surface area contributed by atoms with Crippen LogP contribution in [0.4, 0.5) is 29.2 Å². The number of carbonyl (C=O) groups excluding carboxylic acids is 1. The number of morpholine rings is 1. The SMILES string of the molecule is O=CN1CCOC(c2cccc(-c3cnc(Nc4ccc(F)c(Cl)c4)nc3-n3ccc(C(F)(F)F)n3)c2)C1. The van der Waals surface area contributed by atoms with Gasteiger partial charge in [-0.1, -0.05) is 29.8 Å². The summed E-state index contributed by atoms with van der Waals surface area (Å²) in [5, 5.41) is 6.43. The van der Waals surface area contributed by atoms with Crippen molar-refractivity contribution < 1.29 is 27.1 Å². The van der Waals surface area contributed by atoms with E-state index in [4.69, 9.17) is 16.3 Å². The summed E-state index contributed by atoms with van der Waals surface area (Å²) in [5.41, 5.74) is 1.07. The Labute approximate surface area is 218 Å². The van der Waals surface area contributed by atoms with Gasteiger partial charge in [0, 0.05) is 30.2 Å². The number of ether oxygens (including phenoxy) is 1. The fourth-order valence-corrected chi connectivity index (χ4v) is 4.16. The van der Waals surface area contributed by atoms with Crippen molar-refractivity contribution in [1.82, 2.24) is 24.6 Å². The average Bonchev–Trinajstić information content (AvgIpc) is 3.42. The lowest BCUT2D eigenvalue weighted by Crippen LogP contribution is -2.37. The number of carbonyl (C=O) groups is 1. The standard InChI is InChI=1S/C25H19ClF4N6O2/c26-19-11-17(4-5-20(19)27)32-24-31-12-18(23(33-24)36-7-6-22(34-36)25(28,29)30)15-2-1-3-16(10-15)21-13-35(14-37)8-9-38-21/h1-7,10-12,14,21H,8-9,13H2,(H,31,32,33). The van der Waals surface area contributed by atoms with Crippen LogP contribution in [0.2, 0.25) is 5.02 Å². The van der Waals surface area contributed by atoms with Crippen molar-refractivity contribution in [1.29, 1.82) is 0 Å². The molecule has 1 aliphatic heterocycles. The Bertz CT molecular complexity index is 1480. The van der Waals surface area contributed by atoms with Gasteiger partial charge in [0.15, 0.2) is 11.5 Å². The lowest BCUT2D eigenvalue weighted by Gasteiger charge is -2.30. The van der Waals surface area contributed by atoms with Crippen LogP contribution in [0.25, 0.3) is 16.9 Å². The molecule has 2 aromatic carbocycles. The number of rotatable bonds is 6. The minimum absolute atomic E-state index is 0.0314. The first-order chi connectivity index (χ1) is 18.2. The number of anilines is 2. The molecule has 0 radical (unpaired) electrons. The summed E-state index contributed by atoms with van der Waals surface area (Å²) in [6.45, 7) is 1.24. The molecular weight excluding hydrogens is 528 g/mol. The highest BCUT2D eigenvalue weighted by molar-refractivity contribution is 6.31. The molecule has 38 heavy (non-hydrogen) atoms. The van der Waals surface area contributed by atoms with Crippen molar-refractivity contribution in [3.05, 3.63) is 83.0 Å². The minimum Gasteiger partial charge on any atom is -0.370 e. The Morgan fingerprint density at radius 2 is 2.00 bits per heavy atom. The maximum atomic E-state index is 13.5. The summed E-state index contributed by atoms with van der Waals surface area (Å²) in [5.74, 6) is -0.505. The Morgan fingerprint density at radius 1 is 1.16 bits per heavy atom. The number of nitrogens with zero attached hydrogens (tertiary/aromatic N) is 5. The monoisotopic (exact) mass is 546 g/mol. The van der Waals surface area contributed by atoms with Gasteiger partial charge in [0.05, 0.1) is 18.2 Å². The lowest BCUT2D eigenvalue weighted by atomic mass is 10.0. The normalized spacial score (nSPS) is 15.9. The molecular formula is C25H19ClF4N6O2. The molecule has 8 nitrogen and oxygen atoms in total. The summed E-state index contributed by atoms with van der Waals surface area (Å²) in [7, 11) is 0. The van der Waals surface area contributed by atoms with Crippen LogP contribution in [0.15, 0.2) is 60.9 Å². The molecule has 3 heterocycles. The van der Waals surface area contributed by atoms with E-state index < -0.39 is 17.7 Å². The molecule has 0 bridgehead atoms. The number of aromatic nitrogens is 4. The summed E-state index contributed by atoms with van der Waals surface area (Å²) in [6, 6.07) is 11.9. The van der Waals surface area contributed by atoms with E-state index in [1.54, 1.807) is 17.0 Å². The number of benzene rings is 2. The zero-order valence-corrected chi connectivity index (χ0v) is 20.2. The second kappa shape index (κ2) is 10.4. The third-order valence-corrected chi connectivity index (χ3v) is 6.15. The summed E-state index contributed by atoms with van der Waals surface area (Å²) in [4.78, 5) is 21.6. The van der Waals surface area contributed by atoms with Gasteiger partial charge < -0.3 is 15.0 Å². The van der Waals surface area contributed by atoms with Gasteiger partial charge in [-0.15, -0.1) is 0 Å². The Morgan fingerprint density at radius 3 is 2.74 bits per heavy atom. The molecule has 1 N–H and O–H groups in total. The summed E-state index contributed by atoms with van der Waals surface area (Å²) in [6.07, 6.45) is -1.65. The van der Waals surface area contributed by atoms with Crippen LogP contribution in [-0.4, -0.2) is 50.8 Å². The predicted molar refractivity (Wildman–Crippen MR) is 131 cm³/mol. The maximum Gasteiger partial charge on any atom is 0.435 e. The molecule has 1 amide bonds. The van der Waals surface area contributed by atoms with Crippen LogP contribution in [0, 0.1) is 5.82 Å². The number of alkyl halides is 3. The molecule has 1 atom stereocenters. The van der Waals surface area contributed by atoms with E-state index in [1.165, 1.54) is 18.3 Å². The highest BCUT2D eigenvalue weighted by atomic mass is 35.5. The first-order valence-corrected chi connectivity index (χ1v) is 11.7. The van der Waals surface area contributed by atoms with Crippen molar-refractivity contribution in [3.63, 3.8) is 0 Å². The molecule has 0 saturated carbocycles. The first-order valence-electron chi connectivity index (χ1n) is 11.3. The zero-order valence-electron chi connectivity index (χ0n) is 19.5. The van der Waals surface area contributed by atoms with Gasteiger partial charge in [-0.05, 0) is 41.5 Å². The van der Waals surface area contributed by atoms with E-state index in [9.17, 15) is 22.4 Å². The van der Waals surface area contributed by atoms with Crippen LogP contribution in [-0.2, 0) is 15.7 Å². The maximum absolute atomic E-state index is 13.5. The topological polar surface area (TPSA) is 85.2 Å². The molecule has 5 rings (SSSR count). The van der Waals surface area contributed by atoms with Crippen molar-refractivity contribution in [3.8, 4) is 16.9 Å². The van der Waals surface area contributed by atoms with Crippen molar-refractivity contribution in [2.75, 3.05) is 25.0 Å². The van der Waals surface area contributed by atoms with E-state index >= 15 is 0 Å². The highest BCUT2D eigenvalue weighted by Crippen LogP contribution is 2.32. The van der Waals surface area contributed by atoms with Crippen LogP contribution in [0.3, 0.4) is 0 Å². The fourth-order valence-electron chi connectivity index (χ4n) is 3.98. The van der Waals surface area contributed by atoms with Crippen LogP contribution in [0.1, 0.15) is 17.4 Å². The summed E-state index contributed by atoms with van der Waals surface area (Å²) >= 11 is 5.85. The number of nitrogens with one attached hydrogen (secondary N) is 1. The number of halogens is 5. The van der Waals surface area contributed by atoms with Crippen LogP contribution >= 0.6 is 11.6 Å². The van der Waals surface area contributed by atoms with E-state index in [-0.39, 0.29) is 22.9 Å². The van der Waals surface area contributed by atoms with Gasteiger partial charge in [-0.3, -0.25) is 4.79 Å². The molecule has 0 aliphatic carbocycles. The minimum atomic E-state index is -4.65. The molecule has 13 heteroatoms. The van der Waals surface area contributed by atoms with E-state index in [2.05, 4.69) is 20.4 Å². The van der Waals surface area contributed by atoms with Crippen LogP contribution < -0.4 is 5.32 Å². The second-order valence-electron chi connectivity index (χ2n) is 8.41.